The number of hydrogen-bond acceptors (Lipinski definition) is 9. The molecule has 13 heteroatoms. The van der Waals surface area contributed by atoms with Crippen LogP contribution in [0.15, 0.2) is 65.7 Å². The Morgan fingerprint density at radius 2 is 1.62 bits per heavy atom. The summed E-state index contributed by atoms with van der Waals surface area (Å²) >= 11 is 6.67. The molecular formula is C35H32ClFN4O7. The summed E-state index contributed by atoms with van der Waals surface area (Å²) in [6, 6.07) is 14.2. The minimum absolute atomic E-state index is 0.0374. The zero-order valence-corrected chi connectivity index (χ0v) is 26.7. The van der Waals surface area contributed by atoms with E-state index in [2.05, 4.69) is 9.97 Å². The lowest BCUT2D eigenvalue weighted by Gasteiger charge is -2.19. The van der Waals surface area contributed by atoms with Crippen molar-refractivity contribution in [3.05, 3.63) is 98.9 Å². The van der Waals surface area contributed by atoms with Gasteiger partial charge in [0.1, 0.15) is 36.7 Å². The molecule has 0 saturated carbocycles. The molecule has 2 aliphatic rings. The van der Waals surface area contributed by atoms with Crippen LogP contribution in [0.5, 0.6) is 23.1 Å². The third kappa shape index (κ3) is 6.64. The second kappa shape index (κ2) is 14.1. The molecule has 2 aliphatic heterocycles. The van der Waals surface area contributed by atoms with Crippen LogP contribution in [0.4, 0.5) is 4.39 Å². The first-order chi connectivity index (χ1) is 23.5. The van der Waals surface area contributed by atoms with Crippen LogP contribution in [0.25, 0.3) is 16.6 Å². The van der Waals surface area contributed by atoms with Gasteiger partial charge in [0, 0.05) is 19.0 Å². The zero-order chi connectivity index (χ0) is 33.0. The van der Waals surface area contributed by atoms with Crippen LogP contribution in [-0.2, 0) is 28.9 Å². The Bertz CT molecular complexity index is 2030. The number of hydrogen-bond donors (Lipinski definition) is 0. The number of carbonyl (C=O) groups excluding carboxylic acids is 1. The number of nitrogens with zero attached hydrogens (tertiary/aromatic N) is 4. The highest BCUT2D eigenvalue weighted by Crippen LogP contribution is 2.38. The minimum Gasteiger partial charge on any atom is -0.487 e. The van der Waals surface area contributed by atoms with Crippen molar-refractivity contribution in [2.45, 2.75) is 32.2 Å². The molecule has 0 saturated heterocycles. The van der Waals surface area contributed by atoms with E-state index in [1.165, 1.54) is 23.1 Å². The van der Waals surface area contributed by atoms with Gasteiger partial charge >= 0.3 is 0 Å². The molecule has 3 aromatic carbocycles. The summed E-state index contributed by atoms with van der Waals surface area (Å²) in [5.41, 5.74) is 2.14. The second-order valence-corrected chi connectivity index (χ2v) is 11.8. The van der Waals surface area contributed by atoms with E-state index >= 15 is 0 Å². The molecule has 0 N–H and O–H groups in total. The van der Waals surface area contributed by atoms with Gasteiger partial charge in [-0.1, -0.05) is 17.7 Å². The first-order valence-electron chi connectivity index (χ1n) is 15.8. The van der Waals surface area contributed by atoms with Gasteiger partial charge in [0.25, 0.3) is 5.56 Å². The van der Waals surface area contributed by atoms with Crippen molar-refractivity contribution >= 4 is 28.3 Å². The number of ether oxygens (including phenoxy) is 5. The number of aromatic nitrogens is 4. The molecule has 48 heavy (non-hydrogen) atoms. The molecule has 0 aliphatic carbocycles. The van der Waals surface area contributed by atoms with Gasteiger partial charge < -0.3 is 23.7 Å². The lowest BCUT2D eigenvalue weighted by atomic mass is 9.99. The smallest absolute Gasteiger partial charge is 0.282 e. The van der Waals surface area contributed by atoms with Crippen LogP contribution in [-0.4, -0.2) is 64.8 Å². The van der Waals surface area contributed by atoms with Crippen LogP contribution >= 0.6 is 11.6 Å². The van der Waals surface area contributed by atoms with Crippen LogP contribution in [0.2, 0.25) is 5.02 Å². The molecule has 0 bridgehead atoms. The van der Waals surface area contributed by atoms with Gasteiger partial charge in [0.05, 0.1) is 53.7 Å². The van der Waals surface area contributed by atoms with E-state index in [1.54, 1.807) is 42.5 Å². The van der Waals surface area contributed by atoms with Crippen molar-refractivity contribution in [1.29, 1.82) is 0 Å². The Morgan fingerprint density at radius 3 is 2.38 bits per heavy atom. The van der Waals surface area contributed by atoms with Gasteiger partial charge in [-0.3, -0.25) is 14.3 Å². The number of rotatable bonds is 6. The molecule has 4 heterocycles. The minimum atomic E-state index is -0.411. The molecule has 0 fully saturated rings. The molecular weight excluding hydrogens is 643 g/mol. The Balaban J connectivity index is 1.13. The van der Waals surface area contributed by atoms with E-state index in [9.17, 15) is 14.0 Å². The topological polar surface area (TPSA) is 116 Å². The largest absolute Gasteiger partial charge is 0.487 e. The molecule has 0 atom stereocenters. The maximum Gasteiger partial charge on any atom is 0.282 e. The molecule has 5 aromatic rings. The van der Waals surface area contributed by atoms with Crippen LogP contribution in [0.3, 0.4) is 0 Å². The van der Waals surface area contributed by atoms with Gasteiger partial charge in [-0.25, -0.2) is 19.0 Å². The summed E-state index contributed by atoms with van der Waals surface area (Å²) < 4.78 is 46.0. The van der Waals surface area contributed by atoms with Crippen molar-refractivity contribution in [2.24, 2.45) is 0 Å². The van der Waals surface area contributed by atoms with Crippen molar-refractivity contribution < 1.29 is 32.9 Å². The van der Waals surface area contributed by atoms with Crippen molar-refractivity contribution in [3.8, 4) is 28.8 Å². The second-order valence-electron chi connectivity index (χ2n) is 11.4. The van der Waals surface area contributed by atoms with Crippen LogP contribution in [0, 0.1) is 5.82 Å². The molecule has 7 rings (SSSR count). The number of benzene rings is 3. The van der Waals surface area contributed by atoms with E-state index in [-0.39, 0.29) is 28.7 Å². The normalized spacial score (nSPS) is 15.3. The van der Waals surface area contributed by atoms with Crippen molar-refractivity contribution in [3.63, 3.8) is 0 Å². The number of ketones is 1. The summed E-state index contributed by atoms with van der Waals surface area (Å²) in [6.45, 7) is 2.98. The Hall–Kier alpha value is -4.78. The summed E-state index contributed by atoms with van der Waals surface area (Å²) in [7, 11) is 0. The fourth-order valence-corrected chi connectivity index (χ4v) is 6.20. The zero-order valence-electron chi connectivity index (χ0n) is 26.0. The molecule has 0 spiro atoms. The van der Waals surface area contributed by atoms with Crippen LogP contribution < -0.4 is 19.8 Å². The van der Waals surface area contributed by atoms with Crippen molar-refractivity contribution in [2.75, 3.05) is 39.6 Å². The van der Waals surface area contributed by atoms with E-state index in [0.717, 1.165) is 12.8 Å². The third-order valence-corrected chi connectivity index (χ3v) is 8.50. The average Bonchev–Trinajstić information content (AvgIpc) is 3.38. The summed E-state index contributed by atoms with van der Waals surface area (Å²) in [5.74, 6) is 0.858. The lowest BCUT2D eigenvalue weighted by molar-refractivity contribution is 0.0224. The monoisotopic (exact) mass is 674 g/mol. The summed E-state index contributed by atoms with van der Waals surface area (Å²) in [4.78, 5) is 36.0. The molecule has 11 nitrogen and oxygen atoms in total. The number of Topliss-reactive ketones (excluding diaryl/α,β-unsaturated/α-hetero) is 1. The Morgan fingerprint density at radius 1 is 0.896 bits per heavy atom. The van der Waals surface area contributed by atoms with E-state index < -0.39 is 11.4 Å². The Kier molecular flexibility index (Phi) is 9.37. The van der Waals surface area contributed by atoms with Gasteiger partial charge in [-0.2, -0.15) is 0 Å². The quantitative estimate of drug-likeness (QED) is 0.208. The Labute approximate surface area is 279 Å². The molecule has 248 valence electrons. The molecule has 2 aromatic heterocycles. The first-order valence-corrected chi connectivity index (χ1v) is 16.1. The van der Waals surface area contributed by atoms with Gasteiger partial charge in [-0.15, -0.1) is 0 Å². The molecule has 0 radical (unpaired) electrons. The van der Waals surface area contributed by atoms with Crippen molar-refractivity contribution in [1.82, 2.24) is 19.3 Å². The van der Waals surface area contributed by atoms with E-state index in [1.807, 2.05) is 4.68 Å². The fraction of sp³-hybridized carbons (Fsp3) is 0.314. The lowest BCUT2D eigenvalue weighted by Crippen LogP contribution is -2.24. The number of halogens is 2. The van der Waals surface area contributed by atoms with E-state index in [0.29, 0.717) is 97.7 Å². The van der Waals surface area contributed by atoms with Crippen LogP contribution in [0.1, 0.15) is 34.5 Å². The van der Waals surface area contributed by atoms with Gasteiger partial charge in [0.15, 0.2) is 17.3 Å². The van der Waals surface area contributed by atoms with Gasteiger partial charge in [0.2, 0.25) is 5.88 Å². The highest BCUT2D eigenvalue weighted by Gasteiger charge is 2.28. The predicted molar refractivity (Wildman–Crippen MR) is 175 cm³/mol. The standard InChI is InChI=1S/C35H32ClFN4O7/c36-26-17-22(18-29(42)33-28-3-1-2-10-40(28)41(35(33)43)24-7-5-23(37)6-8-24)4-9-30(26)48-34-25-19-31-32(20-27(25)38-21-39-34)47-16-14-45-12-11-44-13-15-46-31/h4-9,17,19-21H,1-3,10-16,18H2. The average molecular weight is 675 g/mol. The van der Waals surface area contributed by atoms with Gasteiger partial charge in [-0.05, 0) is 67.3 Å². The molecule has 0 unspecified atom stereocenters. The third-order valence-electron chi connectivity index (χ3n) is 8.21. The SMILES string of the molecule is O=C(Cc1ccc(Oc2ncnc3cc4c(cc23)OCCOCCOCCO4)c(Cl)c1)c1c2n(n(-c3ccc(F)cc3)c1=O)CCCC2. The highest BCUT2D eigenvalue weighted by atomic mass is 35.5. The van der Waals surface area contributed by atoms with E-state index in [4.69, 9.17) is 35.3 Å². The number of fused-ring (bicyclic) bond motifs is 3. The number of carbonyl (C=O) groups is 1. The maximum atomic E-state index is 13.7. The first kappa shape index (κ1) is 31.8. The predicted octanol–water partition coefficient (Wildman–Crippen LogP) is 5.73. The molecule has 0 amide bonds. The fourth-order valence-electron chi connectivity index (χ4n) is 5.96. The summed E-state index contributed by atoms with van der Waals surface area (Å²) in [5, 5.41) is 0.841. The summed E-state index contributed by atoms with van der Waals surface area (Å²) in [6.07, 6.45) is 3.70. The highest BCUT2D eigenvalue weighted by molar-refractivity contribution is 6.32. The maximum absolute atomic E-state index is 13.7.